The third kappa shape index (κ3) is 4.61. The smallest absolute Gasteiger partial charge is 0.279 e. The molecule has 1 heterocycles. The molecule has 1 aromatic heterocycles. The molecule has 0 aliphatic heterocycles. The fourth-order valence-corrected chi connectivity index (χ4v) is 4.98. The summed E-state index contributed by atoms with van der Waals surface area (Å²) in [5.74, 6) is 0.574. The van der Waals surface area contributed by atoms with Crippen LogP contribution in [0.15, 0.2) is 71.7 Å². The number of hydrogen-bond acceptors (Lipinski definition) is 4. The van der Waals surface area contributed by atoms with Crippen molar-refractivity contribution in [1.82, 2.24) is 4.57 Å². The van der Waals surface area contributed by atoms with Gasteiger partial charge in [0.15, 0.2) is 10.6 Å². The number of fused-ring (bicyclic) bond motifs is 1. The summed E-state index contributed by atoms with van der Waals surface area (Å²) in [5, 5.41) is 0. The monoisotopic (exact) mass is 460 g/mol. The first kappa shape index (κ1) is 22.2. The molecule has 4 rings (SSSR count). The topological polar surface area (TPSA) is 51.4 Å². The first-order valence-electron chi connectivity index (χ1n) is 10.4. The minimum Gasteiger partial charge on any atom is -0.315 e. The van der Waals surface area contributed by atoms with Crippen LogP contribution in [0.2, 0.25) is 0 Å². The number of aromatic nitrogens is 1. The van der Waals surface area contributed by atoms with Crippen LogP contribution in [0.3, 0.4) is 0 Å². The standard InChI is InChI=1S/C26H24N2O2S2/c1-17-15-22-23(16-18(17)2)32-26(28(22)13-14-31-3)27-25(30)21-11-9-20(10-12-21)24(29)19-7-5-4-6-8-19/h4-12,15-16H,13-14H2,1-3H3. The van der Waals surface area contributed by atoms with Gasteiger partial charge in [0.05, 0.1) is 10.2 Å². The molecular weight excluding hydrogens is 436 g/mol. The van der Waals surface area contributed by atoms with Crippen molar-refractivity contribution in [3.63, 3.8) is 0 Å². The van der Waals surface area contributed by atoms with Crippen molar-refractivity contribution in [1.29, 1.82) is 0 Å². The number of rotatable bonds is 6. The summed E-state index contributed by atoms with van der Waals surface area (Å²) in [6.45, 7) is 4.99. The minimum atomic E-state index is -0.304. The van der Waals surface area contributed by atoms with E-state index >= 15 is 0 Å². The molecule has 4 nitrogen and oxygen atoms in total. The lowest BCUT2D eigenvalue weighted by atomic mass is 10.0. The number of nitrogens with zero attached hydrogens (tertiary/aromatic N) is 2. The average molecular weight is 461 g/mol. The summed E-state index contributed by atoms with van der Waals surface area (Å²) in [7, 11) is 0. The summed E-state index contributed by atoms with van der Waals surface area (Å²) < 4.78 is 3.26. The van der Waals surface area contributed by atoms with Crippen LogP contribution in [0.4, 0.5) is 0 Å². The lowest BCUT2D eigenvalue weighted by Gasteiger charge is -2.06. The van der Waals surface area contributed by atoms with Gasteiger partial charge >= 0.3 is 0 Å². The Kier molecular flexibility index (Phi) is 6.72. The molecule has 32 heavy (non-hydrogen) atoms. The second-order valence-corrected chi connectivity index (χ2v) is 9.62. The van der Waals surface area contributed by atoms with E-state index in [9.17, 15) is 9.59 Å². The number of thiazole rings is 1. The summed E-state index contributed by atoms with van der Waals surface area (Å²) in [5.41, 5.74) is 5.22. The van der Waals surface area contributed by atoms with Crippen LogP contribution in [0, 0.1) is 13.8 Å². The van der Waals surface area contributed by atoms with Gasteiger partial charge in [0.1, 0.15) is 0 Å². The third-order valence-electron chi connectivity index (χ3n) is 5.44. The maximum Gasteiger partial charge on any atom is 0.279 e. The van der Waals surface area contributed by atoms with E-state index in [4.69, 9.17) is 0 Å². The molecule has 0 aliphatic carbocycles. The van der Waals surface area contributed by atoms with Crippen molar-refractivity contribution >= 4 is 45.0 Å². The zero-order valence-electron chi connectivity index (χ0n) is 18.3. The van der Waals surface area contributed by atoms with E-state index in [2.05, 4.69) is 41.8 Å². The average Bonchev–Trinajstić information content (AvgIpc) is 3.13. The van der Waals surface area contributed by atoms with Gasteiger partial charge in [-0.3, -0.25) is 9.59 Å². The molecule has 0 saturated heterocycles. The molecule has 162 valence electrons. The Hall–Kier alpha value is -2.96. The van der Waals surface area contributed by atoms with Crippen molar-refractivity contribution in [2.45, 2.75) is 20.4 Å². The normalized spacial score (nSPS) is 11.8. The highest BCUT2D eigenvalue weighted by Gasteiger charge is 2.13. The fourth-order valence-electron chi connectivity index (χ4n) is 3.48. The number of carbonyl (C=O) groups is 2. The van der Waals surface area contributed by atoms with Crippen LogP contribution in [0.1, 0.15) is 37.4 Å². The van der Waals surface area contributed by atoms with E-state index in [1.165, 1.54) is 22.5 Å². The lowest BCUT2D eigenvalue weighted by Crippen LogP contribution is -2.18. The maximum atomic E-state index is 12.9. The van der Waals surface area contributed by atoms with E-state index in [0.29, 0.717) is 21.5 Å². The van der Waals surface area contributed by atoms with Gasteiger partial charge in [-0.15, -0.1) is 0 Å². The molecule has 0 bridgehead atoms. The zero-order chi connectivity index (χ0) is 22.7. The number of carbonyl (C=O) groups excluding carboxylic acids is 2. The molecule has 4 aromatic rings. The molecule has 0 aliphatic rings. The molecule has 0 saturated carbocycles. The summed E-state index contributed by atoms with van der Waals surface area (Å²) in [4.78, 5) is 30.7. The SMILES string of the molecule is CSCCn1c(=NC(=O)c2ccc(C(=O)c3ccccc3)cc2)sc2cc(C)c(C)cc21. The van der Waals surface area contributed by atoms with E-state index in [1.54, 1.807) is 48.2 Å². The van der Waals surface area contributed by atoms with Gasteiger partial charge < -0.3 is 4.57 Å². The Morgan fingerprint density at radius 2 is 1.53 bits per heavy atom. The van der Waals surface area contributed by atoms with E-state index in [1.807, 2.05) is 18.2 Å². The lowest BCUT2D eigenvalue weighted by molar-refractivity contribution is 0.0994. The molecule has 0 atom stereocenters. The molecule has 6 heteroatoms. The Bertz CT molecular complexity index is 1350. The minimum absolute atomic E-state index is 0.0632. The van der Waals surface area contributed by atoms with Crippen LogP contribution >= 0.6 is 23.1 Å². The van der Waals surface area contributed by atoms with E-state index < -0.39 is 0 Å². The van der Waals surface area contributed by atoms with Crippen LogP contribution in [0.5, 0.6) is 0 Å². The first-order valence-corrected chi connectivity index (χ1v) is 12.6. The van der Waals surface area contributed by atoms with Gasteiger partial charge in [-0.2, -0.15) is 16.8 Å². The highest BCUT2D eigenvalue weighted by molar-refractivity contribution is 7.98. The molecule has 0 N–H and O–H groups in total. The van der Waals surface area contributed by atoms with Crippen molar-refractivity contribution < 1.29 is 9.59 Å². The van der Waals surface area contributed by atoms with Crippen molar-refractivity contribution in [2.24, 2.45) is 4.99 Å². The summed E-state index contributed by atoms with van der Waals surface area (Å²) in [6, 6.07) is 20.2. The first-order chi connectivity index (χ1) is 15.5. The van der Waals surface area contributed by atoms with Gasteiger partial charge in [0, 0.05) is 29.0 Å². The third-order valence-corrected chi connectivity index (χ3v) is 7.08. The van der Waals surface area contributed by atoms with Crippen LogP contribution in [-0.4, -0.2) is 28.3 Å². The predicted molar refractivity (Wildman–Crippen MR) is 134 cm³/mol. The second-order valence-electron chi connectivity index (χ2n) is 7.62. The highest BCUT2D eigenvalue weighted by atomic mass is 32.2. The largest absolute Gasteiger partial charge is 0.315 e. The van der Waals surface area contributed by atoms with Gasteiger partial charge in [-0.25, -0.2) is 0 Å². The van der Waals surface area contributed by atoms with Crippen molar-refractivity contribution in [2.75, 3.05) is 12.0 Å². The molecule has 0 radical (unpaired) electrons. The van der Waals surface area contributed by atoms with Gasteiger partial charge in [-0.05, 0) is 55.5 Å². The van der Waals surface area contributed by atoms with Gasteiger partial charge in [0.2, 0.25) is 0 Å². The molecule has 0 fully saturated rings. The Balaban J connectivity index is 1.68. The quantitative estimate of drug-likeness (QED) is 0.349. The molecule has 0 spiro atoms. The summed E-state index contributed by atoms with van der Waals surface area (Å²) >= 11 is 3.31. The second kappa shape index (κ2) is 9.67. The molecule has 0 unspecified atom stereocenters. The number of hydrogen-bond donors (Lipinski definition) is 0. The van der Waals surface area contributed by atoms with Crippen molar-refractivity contribution in [3.05, 3.63) is 99.3 Å². The number of ketones is 1. The Labute approximate surface area is 195 Å². The Morgan fingerprint density at radius 1 is 0.906 bits per heavy atom. The molecule has 1 amide bonds. The number of amides is 1. The summed E-state index contributed by atoms with van der Waals surface area (Å²) in [6.07, 6.45) is 2.07. The van der Waals surface area contributed by atoms with Gasteiger partial charge in [0.25, 0.3) is 5.91 Å². The predicted octanol–water partition coefficient (Wildman–Crippen LogP) is 5.65. The van der Waals surface area contributed by atoms with Crippen LogP contribution in [-0.2, 0) is 6.54 Å². The van der Waals surface area contributed by atoms with Gasteiger partial charge in [-0.1, -0.05) is 53.8 Å². The number of benzene rings is 3. The van der Waals surface area contributed by atoms with Crippen LogP contribution in [0.25, 0.3) is 10.2 Å². The maximum absolute atomic E-state index is 12.9. The zero-order valence-corrected chi connectivity index (χ0v) is 19.9. The van der Waals surface area contributed by atoms with Crippen molar-refractivity contribution in [3.8, 4) is 0 Å². The molecular formula is C26H24N2O2S2. The van der Waals surface area contributed by atoms with E-state index in [-0.39, 0.29) is 11.7 Å². The Morgan fingerprint density at radius 3 is 2.22 bits per heavy atom. The number of aryl methyl sites for hydroxylation is 3. The fraction of sp³-hybridized carbons (Fsp3) is 0.192. The number of thioether (sulfide) groups is 1. The molecule has 3 aromatic carbocycles. The highest BCUT2D eigenvalue weighted by Crippen LogP contribution is 2.22. The van der Waals surface area contributed by atoms with E-state index in [0.717, 1.165) is 22.5 Å². The van der Waals surface area contributed by atoms with Crippen LogP contribution < -0.4 is 4.80 Å².